The van der Waals surface area contributed by atoms with Gasteiger partial charge >= 0.3 is 13.5 Å². The number of phosphoric ester groups is 1. The lowest BCUT2D eigenvalue weighted by Gasteiger charge is -2.26. The van der Waals surface area contributed by atoms with Crippen molar-refractivity contribution in [3.8, 4) is 5.75 Å². The van der Waals surface area contributed by atoms with E-state index in [1.54, 1.807) is 40.8 Å². The summed E-state index contributed by atoms with van der Waals surface area (Å²) in [5, 5.41) is 10.2. The van der Waals surface area contributed by atoms with Crippen LogP contribution in [0.5, 0.6) is 5.75 Å². The minimum atomic E-state index is -3.85. The van der Waals surface area contributed by atoms with E-state index in [0.717, 1.165) is 5.56 Å². The first-order chi connectivity index (χ1) is 13.3. The molecule has 1 aromatic carbocycles. The predicted octanol–water partition coefficient (Wildman–Crippen LogP) is 1.52. The maximum absolute atomic E-state index is 12.6. The molecule has 2 N–H and O–H groups in total. The highest BCUT2D eigenvalue weighted by Gasteiger charge is 2.40. The van der Waals surface area contributed by atoms with E-state index in [1.807, 2.05) is 6.07 Å². The molecule has 2 aromatic rings. The largest absolute Gasteiger partial charge is 0.530 e. The topological polar surface area (TPSA) is 129 Å². The van der Waals surface area contributed by atoms with E-state index in [9.17, 15) is 19.3 Å². The van der Waals surface area contributed by atoms with Crippen molar-refractivity contribution in [3.63, 3.8) is 0 Å². The Bertz CT molecular complexity index is 1050. The number of aliphatic hydroxyl groups is 1. The SMILES string of the molecule is O=c1[nH]c(=O)n([C@H]2C[C@H](O)[C@@H](CO[P@@]3(=O)OCc4ccccc4O3)O2)cc1I. The number of fused-ring (bicyclic) bond motifs is 1. The van der Waals surface area contributed by atoms with Crippen molar-refractivity contribution < 1.29 is 28.0 Å². The van der Waals surface area contributed by atoms with Gasteiger partial charge in [0.2, 0.25) is 0 Å². The minimum absolute atomic E-state index is 0.0787. The Morgan fingerprint density at radius 2 is 2.14 bits per heavy atom. The quantitative estimate of drug-likeness (QED) is 0.457. The van der Waals surface area contributed by atoms with Gasteiger partial charge in [0.25, 0.3) is 5.56 Å². The molecule has 0 unspecified atom stereocenters. The third-order valence-corrected chi connectivity index (χ3v) is 6.50. The van der Waals surface area contributed by atoms with Crippen molar-refractivity contribution in [2.45, 2.75) is 31.5 Å². The Morgan fingerprint density at radius 1 is 1.36 bits per heavy atom. The molecular weight excluding hydrogens is 506 g/mol. The van der Waals surface area contributed by atoms with Crippen molar-refractivity contribution >= 4 is 30.4 Å². The van der Waals surface area contributed by atoms with E-state index in [4.69, 9.17) is 18.3 Å². The van der Waals surface area contributed by atoms with Crippen LogP contribution in [0.15, 0.2) is 40.1 Å². The summed E-state index contributed by atoms with van der Waals surface area (Å²) < 4.78 is 35.7. The van der Waals surface area contributed by atoms with Crippen LogP contribution in [0, 0.1) is 3.57 Å². The molecule has 4 rings (SSSR count). The molecule has 0 spiro atoms. The Hall–Kier alpha value is -1.50. The number of H-pyrrole nitrogens is 1. The normalized spacial score (nSPS) is 29.3. The fraction of sp³-hybridized carbons (Fsp3) is 0.375. The van der Waals surface area contributed by atoms with Crippen molar-refractivity contribution in [2.75, 3.05) is 6.61 Å². The van der Waals surface area contributed by atoms with Crippen molar-refractivity contribution in [2.24, 2.45) is 0 Å². The number of para-hydroxylation sites is 1. The minimum Gasteiger partial charge on any atom is -0.404 e. The molecule has 28 heavy (non-hydrogen) atoms. The number of hydrogen-bond donors (Lipinski definition) is 2. The summed E-state index contributed by atoms with van der Waals surface area (Å²) in [5.74, 6) is 0.414. The fourth-order valence-corrected chi connectivity index (χ4v) is 4.61. The number of hydrogen-bond acceptors (Lipinski definition) is 8. The van der Waals surface area contributed by atoms with Crippen LogP contribution in [-0.4, -0.2) is 33.5 Å². The van der Waals surface area contributed by atoms with Crippen molar-refractivity contribution in [3.05, 3.63) is 60.4 Å². The summed E-state index contributed by atoms with van der Waals surface area (Å²) in [5.41, 5.74) is -0.389. The Balaban J connectivity index is 1.43. The molecule has 3 heterocycles. The van der Waals surface area contributed by atoms with Crippen LogP contribution in [0.3, 0.4) is 0 Å². The molecule has 0 aliphatic carbocycles. The molecule has 10 nitrogen and oxygen atoms in total. The molecule has 150 valence electrons. The molecule has 2 aliphatic heterocycles. The summed E-state index contributed by atoms with van der Waals surface area (Å²) in [4.78, 5) is 25.7. The lowest BCUT2D eigenvalue weighted by molar-refractivity contribution is -0.0469. The number of ether oxygens (including phenoxy) is 1. The molecule has 0 radical (unpaired) electrons. The van der Waals surface area contributed by atoms with Crippen LogP contribution in [0.4, 0.5) is 0 Å². The summed E-state index contributed by atoms with van der Waals surface area (Å²) in [6.07, 6.45) is -1.15. The number of nitrogens with one attached hydrogen (secondary N) is 1. The monoisotopic (exact) mass is 522 g/mol. The van der Waals surface area contributed by atoms with Crippen LogP contribution in [0.2, 0.25) is 0 Å². The van der Waals surface area contributed by atoms with Crippen LogP contribution in [-0.2, 0) is 25.0 Å². The lowest BCUT2D eigenvalue weighted by atomic mass is 10.2. The first-order valence-corrected chi connectivity index (χ1v) is 10.9. The highest BCUT2D eigenvalue weighted by molar-refractivity contribution is 14.1. The van der Waals surface area contributed by atoms with Gasteiger partial charge in [0.15, 0.2) is 0 Å². The molecule has 1 aromatic heterocycles. The van der Waals surface area contributed by atoms with E-state index in [0.29, 0.717) is 9.32 Å². The Morgan fingerprint density at radius 3 is 2.96 bits per heavy atom. The van der Waals surface area contributed by atoms with Gasteiger partial charge in [-0.3, -0.25) is 23.4 Å². The van der Waals surface area contributed by atoms with Gasteiger partial charge in [0, 0.05) is 18.2 Å². The molecule has 2 aliphatic rings. The zero-order chi connectivity index (χ0) is 19.9. The van der Waals surface area contributed by atoms with E-state index < -0.39 is 37.5 Å². The Kier molecular flexibility index (Phi) is 5.47. The van der Waals surface area contributed by atoms with Crippen LogP contribution in [0.25, 0.3) is 0 Å². The average Bonchev–Trinajstić information content (AvgIpc) is 3.03. The second kappa shape index (κ2) is 7.73. The van der Waals surface area contributed by atoms with Crippen LogP contribution >= 0.6 is 30.4 Å². The number of aromatic amines is 1. The van der Waals surface area contributed by atoms with Crippen molar-refractivity contribution in [1.82, 2.24) is 9.55 Å². The first-order valence-electron chi connectivity index (χ1n) is 8.36. The van der Waals surface area contributed by atoms with Gasteiger partial charge in [-0.2, -0.15) is 0 Å². The summed E-state index contributed by atoms with van der Waals surface area (Å²) in [6.45, 7) is -0.179. The van der Waals surface area contributed by atoms with Gasteiger partial charge in [-0.15, -0.1) is 0 Å². The highest BCUT2D eigenvalue weighted by Crippen LogP contribution is 2.54. The van der Waals surface area contributed by atoms with Gasteiger partial charge < -0.3 is 14.4 Å². The average molecular weight is 522 g/mol. The van der Waals surface area contributed by atoms with Gasteiger partial charge in [0.1, 0.15) is 18.1 Å². The summed E-state index contributed by atoms with van der Waals surface area (Å²) in [7, 11) is -3.85. The molecule has 1 saturated heterocycles. The third-order valence-electron chi connectivity index (χ3n) is 4.40. The van der Waals surface area contributed by atoms with Crippen LogP contribution < -0.4 is 15.8 Å². The maximum Gasteiger partial charge on any atom is 0.530 e. The highest BCUT2D eigenvalue weighted by atomic mass is 127. The standard InChI is InChI=1S/C16H16IN2O8P/c17-10-6-19(16(22)18-15(10)21)14-5-11(20)13(26-14)8-25-28(23)24-7-9-3-1-2-4-12(9)27-28/h1-4,6,11,13-14,20H,5,7-8H2,(H,18,21,22)/t11-,13+,14+,28+/m0/s1. The van der Waals surface area contributed by atoms with Crippen molar-refractivity contribution in [1.29, 1.82) is 0 Å². The first kappa shape index (κ1) is 19.8. The zero-order valence-electron chi connectivity index (χ0n) is 14.3. The molecule has 12 heteroatoms. The number of phosphoric acid groups is 1. The molecule has 0 amide bonds. The molecule has 4 atom stereocenters. The van der Waals surface area contributed by atoms with Gasteiger partial charge in [-0.05, 0) is 28.7 Å². The number of halogens is 1. The van der Waals surface area contributed by atoms with Crippen LogP contribution in [0.1, 0.15) is 18.2 Å². The number of rotatable bonds is 4. The van der Waals surface area contributed by atoms with E-state index >= 15 is 0 Å². The number of aliphatic hydroxyl groups excluding tert-OH is 1. The fourth-order valence-electron chi connectivity index (χ4n) is 2.95. The van der Waals surface area contributed by atoms with Gasteiger partial charge in [-0.25, -0.2) is 9.36 Å². The van der Waals surface area contributed by atoms with E-state index in [1.165, 1.54) is 10.8 Å². The van der Waals surface area contributed by atoms with E-state index in [-0.39, 0.29) is 19.6 Å². The second-order valence-electron chi connectivity index (χ2n) is 6.29. The summed E-state index contributed by atoms with van der Waals surface area (Å²) in [6, 6.07) is 7.00. The lowest BCUT2D eigenvalue weighted by Crippen LogP contribution is -2.33. The second-order valence-corrected chi connectivity index (χ2v) is 9.05. The molecule has 0 bridgehead atoms. The number of nitrogens with zero attached hydrogens (tertiary/aromatic N) is 1. The van der Waals surface area contributed by atoms with E-state index in [2.05, 4.69) is 4.98 Å². The summed E-state index contributed by atoms with van der Waals surface area (Å²) >= 11 is 1.80. The van der Waals surface area contributed by atoms with Gasteiger partial charge in [0.05, 0.1) is 22.9 Å². The molecule has 1 fully saturated rings. The Labute approximate surface area is 172 Å². The number of aromatic nitrogens is 2. The third kappa shape index (κ3) is 3.95. The molecular formula is C16H16IN2O8P. The molecule has 0 saturated carbocycles. The number of benzene rings is 1. The van der Waals surface area contributed by atoms with Gasteiger partial charge in [-0.1, -0.05) is 18.2 Å². The smallest absolute Gasteiger partial charge is 0.404 e. The maximum atomic E-state index is 12.6. The predicted molar refractivity (Wildman–Crippen MR) is 104 cm³/mol. The zero-order valence-corrected chi connectivity index (χ0v) is 17.4.